The third-order valence-corrected chi connectivity index (χ3v) is 5.24. The van der Waals surface area contributed by atoms with Crippen molar-refractivity contribution >= 4 is 17.7 Å². The number of benzene rings is 3. The molecule has 1 N–H and O–H groups in total. The molecule has 1 atom stereocenters. The summed E-state index contributed by atoms with van der Waals surface area (Å²) in [4.78, 5) is 38.2. The molecule has 0 aliphatic carbocycles. The zero-order chi connectivity index (χ0) is 24.5. The fourth-order valence-corrected chi connectivity index (χ4v) is 3.32. The lowest BCUT2D eigenvalue weighted by atomic mass is 10.1. The molecule has 0 radical (unpaired) electrons. The third kappa shape index (κ3) is 6.45. The van der Waals surface area contributed by atoms with Crippen LogP contribution in [0.15, 0.2) is 72.8 Å². The monoisotopic (exact) mass is 461 g/mol. The van der Waals surface area contributed by atoms with E-state index in [1.807, 2.05) is 49.4 Å². The van der Waals surface area contributed by atoms with Gasteiger partial charge >= 0.3 is 5.97 Å². The predicted octanol–water partition coefficient (Wildman–Crippen LogP) is 3.78. The summed E-state index contributed by atoms with van der Waals surface area (Å²) < 4.78 is 15.8. The zero-order valence-electron chi connectivity index (χ0n) is 19.4. The summed E-state index contributed by atoms with van der Waals surface area (Å²) in [6.45, 7) is 1.50. The summed E-state index contributed by atoms with van der Waals surface area (Å²) in [7, 11) is 2.97. The summed E-state index contributed by atoms with van der Waals surface area (Å²) in [5.74, 6) is -0.630. The van der Waals surface area contributed by atoms with E-state index in [1.54, 1.807) is 24.3 Å². The van der Waals surface area contributed by atoms with Gasteiger partial charge in [0.05, 0.1) is 14.2 Å². The first-order valence-electron chi connectivity index (χ1n) is 10.7. The van der Waals surface area contributed by atoms with E-state index < -0.39 is 24.5 Å². The molecular formula is C27H27NO6. The highest BCUT2D eigenvalue weighted by Crippen LogP contribution is 2.27. The van der Waals surface area contributed by atoms with Crippen molar-refractivity contribution in [2.75, 3.05) is 20.8 Å². The van der Waals surface area contributed by atoms with E-state index in [0.717, 1.165) is 11.1 Å². The van der Waals surface area contributed by atoms with E-state index in [-0.39, 0.29) is 12.2 Å². The van der Waals surface area contributed by atoms with Crippen LogP contribution in [0.1, 0.15) is 31.8 Å². The quantitative estimate of drug-likeness (QED) is 0.365. The smallest absolute Gasteiger partial charge is 0.329 e. The number of esters is 1. The molecule has 0 aromatic heterocycles. The lowest BCUT2D eigenvalue weighted by molar-refractivity contribution is -0.144. The molecule has 7 nitrogen and oxygen atoms in total. The number of amides is 1. The average Bonchev–Trinajstić information content (AvgIpc) is 2.87. The largest absolute Gasteiger partial charge is 0.493 e. The number of carbonyl (C=O) groups excluding carboxylic acids is 3. The summed E-state index contributed by atoms with van der Waals surface area (Å²) in [6.07, 6.45) is 0.206. The normalized spacial score (nSPS) is 11.3. The fraction of sp³-hybridized carbons (Fsp3) is 0.222. The van der Waals surface area contributed by atoms with Crippen LogP contribution in [-0.4, -0.2) is 44.5 Å². The predicted molar refractivity (Wildman–Crippen MR) is 127 cm³/mol. The molecule has 0 aliphatic heterocycles. The highest BCUT2D eigenvalue weighted by Gasteiger charge is 2.25. The topological polar surface area (TPSA) is 90.9 Å². The van der Waals surface area contributed by atoms with Crippen LogP contribution < -0.4 is 14.8 Å². The first-order chi connectivity index (χ1) is 16.4. The summed E-state index contributed by atoms with van der Waals surface area (Å²) in [5, 5.41) is 2.72. The van der Waals surface area contributed by atoms with Gasteiger partial charge < -0.3 is 19.5 Å². The van der Waals surface area contributed by atoms with E-state index in [9.17, 15) is 14.4 Å². The van der Waals surface area contributed by atoms with Gasteiger partial charge in [-0.3, -0.25) is 9.59 Å². The molecule has 3 aromatic rings. The molecule has 0 unspecified atom stereocenters. The van der Waals surface area contributed by atoms with Gasteiger partial charge in [0.15, 0.2) is 23.9 Å². The molecule has 0 fully saturated rings. The molecule has 176 valence electrons. The van der Waals surface area contributed by atoms with Gasteiger partial charge in [-0.2, -0.15) is 0 Å². The number of methoxy groups -OCH3 is 2. The molecule has 0 saturated carbocycles. The van der Waals surface area contributed by atoms with E-state index in [1.165, 1.54) is 20.3 Å². The minimum Gasteiger partial charge on any atom is -0.493 e. The first-order valence-corrected chi connectivity index (χ1v) is 10.7. The Labute approximate surface area is 198 Å². The molecular weight excluding hydrogens is 434 g/mol. The number of carbonyl (C=O) groups is 3. The van der Waals surface area contributed by atoms with E-state index in [2.05, 4.69) is 5.32 Å². The maximum absolute atomic E-state index is 12.9. The number of ether oxygens (including phenoxy) is 3. The Bertz CT molecular complexity index is 1140. The van der Waals surface area contributed by atoms with Crippen molar-refractivity contribution < 1.29 is 28.6 Å². The second-order valence-corrected chi connectivity index (χ2v) is 7.68. The lowest BCUT2D eigenvalue weighted by Gasteiger charge is -2.18. The summed E-state index contributed by atoms with van der Waals surface area (Å²) in [5.41, 5.74) is 2.60. The highest BCUT2D eigenvalue weighted by molar-refractivity contribution is 5.99. The van der Waals surface area contributed by atoms with Crippen LogP contribution in [0, 0.1) is 6.92 Å². The second-order valence-electron chi connectivity index (χ2n) is 7.68. The molecule has 0 aliphatic rings. The van der Waals surface area contributed by atoms with Crippen molar-refractivity contribution in [3.8, 4) is 11.5 Å². The zero-order valence-corrected chi connectivity index (χ0v) is 19.4. The van der Waals surface area contributed by atoms with Gasteiger partial charge in [-0.05, 0) is 30.7 Å². The number of Topliss-reactive ketones (excluding diaryl/α,β-unsaturated/α-hetero) is 1. The Morgan fingerprint density at radius 3 is 2.12 bits per heavy atom. The van der Waals surface area contributed by atoms with Gasteiger partial charge in [0.2, 0.25) is 0 Å². The Kier molecular flexibility index (Phi) is 8.40. The Hall–Kier alpha value is -4.13. The number of aryl methyl sites for hydroxylation is 1. The lowest BCUT2D eigenvalue weighted by Crippen LogP contribution is -2.43. The summed E-state index contributed by atoms with van der Waals surface area (Å²) >= 11 is 0. The number of hydrogen-bond acceptors (Lipinski definition) is 6. The molecule has 0 saturated heterocycles. The van der Waals surface area contributed by atoms with Crippen molar-refractivity contribution in [1.29, 1.82) is 0 Å². The maximum Gasteiger partial charge on any atom is 0.329 e. The average molecular weight is 462 g/mol. The van der Waals surface area contributed by atoms with Crippen LogP contribution in [0.5, 0.6) is 11.5 Å². The number of ketones is 1. The Morgan fingerprint density at radius 1 is 0.824 bits per heavy atom. The van der Waals surface area contributed by atoms with Crippen molar-refractivity contribution in [3.63, 3.8) is 0 Å². The number of hydrogen-bond donors (Lipinski definition) is 1. The molecule has 3 aromatic carbocycles. The van der Waals surface area contributed by atoms with E-state index in [4.69, 9.17) is 14.2 Å². The third-order valence-electron chi connectivity index (χ3n) is 5.24. The molecule has 1 amide bonds. The van der Waals surface area contributed by atoms with Crippen molar-refractivity contribution in [3.05, 3.63) is 95.1 Å². The second kappa shape index (κ2) is 11.7. The molecule has 0 heterocycles. The van der Waals surface area contributed by atoms with E-state index >= 15 is 0 Å². The van der Waals surface area contributed by atoms with Crippen LogP contribution >= 0.6 is 0 Å². The van der Waals surface area contributed by atoms with Gasteiger partial charge in [-0.15, -0.1) is 0 Å². The van der Waals surface area contributed by atoms with Gasteiger partial charge in [-0.25, -0.2) is 4.79 Å². The number of rotatable bonds is 10. The Morgan fingerprint density at radius 2 is 1.47 bits per heavy atom. The van der Waals surface area contributed by atoms with Gasteiger partial charge in [-0.1, -0.05) is 60.2 Å². The van der Waals surface area contributed by atoms with Gasteiger partial charge in [0.1, 0.15) is 6.04 Å². The van der Waals surface area contributed by atoms with E-state index in [0.29, 0.717) is 22.6 Å². The van der Waals surface area contributed by atoms with Crippen LogP contribution in [0.3, 0.4) is 0 Å². The first kappa shape index (κ1) is 24.5. The van der Waals surface area contributed by atoms with Gasteiger partial charge in [0, 0.05) is 17.5 Å². The minimum absolute atomic E-state index is 0.206. The van der Waals surface area contributed by atoms with Crippen LogP contribution in [-0.2, 0) is 16.0 Å². The molecule has 7 heteroatoms. The fourth-order valence-electron chi connectivity index (χ4n) is 3.32. The molecule has 34 heavy (non-hydrogen) atoms. The number of nitrogens with one attached hydrogen (secondary N) is 1. The molecule has 0 spiro atoms. The molecule has 0 bridgehead atoms. The van der Waals surface area contributed by atoms with Gasteiger partial charge in [0.25, 0.3) is 5.91 Å². The molecule has 3 rings (SSSR count). The van der Waals surface area contributed by atoms with Crippen molar-refractivity contribution in [2.45, 2.75) is 19.4 Å². The van der Waals surface area contributed by atoms with Crippen LogP contribution in [0.4, 0.5) is 0 Å². The SMILES string of the molecule is COc1ccc(C(=O)N[C@H](Cc2ccccc2)C(=O)OCC(=O)c2ccc(C)cc2)cc1OC. The Balaban J connectivity index is 1.73. The standard InChI is InChI=1S/C27H27NO6/c1-18-9-11-20(12-10-18)23(29)17-34-27(31)22(15-19-7-5-4-6-8-19)28-26(30)21-13-14-24(32-2)25(16-21)33-3/h4-14,16,22H,15,17H2,1-3H3,(H,28,30)/t22-/m1/s1. The maximum atomic E-state index is 12.9. The summed E-state index contributed by atoms with van der Waals surface area (Å²) in [6, 6.07) is 20.0. The minimum atomic E-state index is -0.992. The van der Waals surface area contributed by atoms with Crippen LogP contribution in [0.25, 0.3) is 0 Å². The van der Waals surface area contributed by atoms with Crippen molar-refractivity contribution in [1.82, 2.24) is 5.32 Å². The van der Waals surface area contributed by atoms with Crippen LogP contribution in [0.2, 0.25) is 0 Å². The highest BCUT2D eigenvalue weighted by atomic mass is 16.5. The van der Waals surface area contributed by atoms with Crippen molar-refractivity contribution in [2.24, 2.45) is 0 Å².